The SMILES string of the molecule is O=C(O)CC(c1cccc(OCC2CCNCC2)c1)C1CC1. The third kappa shape index (κ3) is 4.23. The van der Waals surface area contributed by atoms with Crippen LogP contribution in [0.1, 0.15) is 43.6 Å². The molecule has 22 heavy (non-hydrogen) atoms. The predicted molar refractivity (Wildman–Crippen MR) is 85.2 cm³/mol. The van der Waals surface area contributed by atoms with E-state index in [9.17, 15) is 4.79 Å². The van der Waals surface area contributed by atoms with Crippen LogP contribution in [-0.2, 0) is 4.79 Å². The van der Waals surface area contributed by atoms with E-state index in [0.717, 1.165) is 43.9 Å². The second-order valence-electron chi connectivity index (χ2n) is 6.62. The molecule has 0 radical (unpaired) electrons. The molecule has 2 N–H and O–H groups in total. The van der Waals surface area contributed by atoms with Gasteiger partial charge in [0.1, 0.15) is 5.75 Å². The van der Waals surface area contributed by atoms with E-state index in [-0.39, 0.29) is 12.3 Å². The van der Waals surface area contributed by atoms with Crippen molar-refractivity contribution in [2.45, 2.75) is 38.0 Å². The first-order valence-electron chi connectivity index (χ1n) is 8.37. The molecule has 4 heteroatoms. The number of carbonyl (C=O) groups is 1. The lowest BCUT2D eigenvalue weighted by atomic mass is 9.91. The van der Waals surface area contributed by atoms with E-state index in [1.165, 1.54) is 12.8 Å². The molecule has 120 valence electrons. The summed E-state index contributed by atoms with van der Waals surface area (Å²) in [5.41, 5.74) is 1.12. The van der Waals surface area contributed by atoms with Gasteiger partial charge in [0.2, 0.25) is 0 Å². The lowest BCUT2D eigenvalue weighted by molar-refractivity contribution is -0.137. The zero-order valence-corrected chi connectivity index (χ0v) is 13.0. The van der Waals surface area contributed by atoms with Gasteiger partial charge in [0.15, 0.2) is 0 Å². The van der Waals surface area contributed by atoms with Crippen LogP contribution in [0.25, 0.3) is 0 Å². The van der Waals surface area contributed by atoms with E-state index in [1.807, 2.05) is 24.3 Å². The molecule has 1 aromatic carbocycles. The fraction of sp³-hybridized carbons (Fsp3) is 0.611. The van der Waals surface area contributed by atoms with Gasteiger partial charge in [-0.1, -0.05) is 12.1 Å². The van der Waals surface area contributed by atoms with Gasteiger partial charge in [0.25, 0.3) is 0 Å². The first kappa shape index (κ1) is 15.3. The highest BCUT2D eigenvalue weighted by Gasteiger charge is 2.33. The molecule has 1 aromatic rings. The van der Waals surface area contributed by atoms with Crippen molar-refractivity contribution in [1.82, 2.24) is 5.32 Å². The summed E-state index contributed by atoms with van der Waals surface area (Å²) in [4.78, 5) is 11.1. The zero-order valence-electron chi connectivity index (χ0n) is 13.0. The highest BCUT2D eigenvalue weighted by Crippen LogP contribution is 2.45. The fourth-order valence-corrected chi connectivity index (χ4v) is 3.34. The normalized spacial score (nSPS) is 20.5. The molecule has 1 saturated carbocycles. The first-order valence-corrected chi connectivity index (χ1v) is 8.37. The Hall–Kier alpha value is -1.55. The smallest absolute Gasteiger partial charge is 0.303 e. The minimum Gasteiger partial charge on any atom is -0.493 e. The molecular weight excluding hydrogens is 278 g/mol. The average Bonchev–Trinajstić information content (AvgIpc) is 3.36. The third-order valence-electron chi connectivity index (χ3n) is 4.82. The van der Waals surface area contributed by atoms with Crippen molar-refractivity contribution in [3.8, 4) is 5.75 Å². The lowest BCUT2D eigenvalue weighted by Gasteiger charge is -2.23. The Morgan fingerprint density at radius 1 is 1.27 bits per heavy atom. The highest BCUT2D eigenvalue weighted by atomic mass is 16.5. The summed E-state index contributed by atoms with van der Waals surface area (Å²) in [6.45, 7) is 2.92. The number of hydrogen-bond donors (Lipinski definition) is 2. The Kier molecular flexibility index (Phi) is 4.98. The van der Waals surface area contributed by atoms with Crippen molar-refractivity contribution < 1.29 is 14.6 Å². The van der Waals surface area contributed by atoms with Crippen molar-refractivity contribution in [3.05, 3.63) is 29.8 Å². The second-order valence-corrected chi connectivity index (χ2v) is 6.62. The quantitative estimate of drug-likeness (QED) is 0.813. The van der Waals surface area contributed by atoms with Gasteiger partial charge in [-0.2, -0.15) is 0 Å². The maximum atomic E-state index is 11.1. The molecule has 2 aliphatic rings. The zero-order chi connectivity index (χ0) is 15.4. The van der Waals surface area contributed by atoms with Crippen LogP contribution in [0, 0.1) is 11.8 Å². The van der Waals surface area contributed by atoms with Crippen LogP contribution in [0.15, 0.2) is 24.3 Å². The van der Waals surface area contributed by atoms with Gasteiger partial charge in [-0.3, -0.25) is 4.79 Å². The number of ether oxygens (including phenoxy) is 1. The molecule has 0 amide bonds. The van der Waals surface area contributed by atoms with E-state index >= 15 is 0 Å². The summed E-state index contributed by atoms with van der Waals surface area (Å²) in [5, 5.41) is 12.5. The standard InChI is InChI=1S/C18H25NO3/c20-18(21)11-17(14-4-5-14)15-2-1-3-16(10-15)22-12-13-6-8-19-9-7-13/h1-3,10,13-14,17,19H,4-9,11-12H2,(H,20,21). The molecule has 1 atom stereocenters. The molecule has 1 aliphatic carbocycles. The molecule has 0 aromatic heterocycles. The van der Waals surface area contributed by atoms with Gasteiger partial charge < -0.3 is 15.2 Å². The first-order chi connectivity index (χ1) is 10.7. The van der Waals surface area contributed by atoms with Crippen molar-refractivity contribution in [2.75, 3.05) is 19.7 Å². The van der Waals surface area contributed by atoms with E-state index in [1.54, 1.807) is 0 Å². The number of piperidine rings is 1. The molecular formula is C18H25NO3. The maximum absolute atomic E-state index is 11.1. The Morgan fingerprint density at radius 3 is 2.73 bits per heavy atom. The predicted octanol–water partition coefficient (Wildman–Crippen LogP) is 3.03. The van der Waals surface area contributed by atoms with Crippen molar-refractivity contribution in [3.63, 3.8) is 0 Å². The van der Waals surface area contributed by atoms with Crippen LogP contribution in [0.5, 0.6) is 5.75 Å². The Bertz CT molecular complexity index is 507. The summed E-state index contributed by atoms with van der Waals surface area (Å²) in [7, 11) is 0. The fourth-order valence-electron chi connectivity index (χ4n) is 3.34. The van der Waals surface area contributed by atoms with E-state index in [4.69, 9.17) is 9.84 Å². The van der Waals surface area contributed by atoms with Gasteiger partial charge in [0.05, 0.1) is 13.0 Å². The third-order valence-corrected chi connectivity index (χ3v) is 4.82. The number of aliphatic carboxylic acids is 1. The topological polar surface area (TPSA) is 58.6 Å². The molecule has 1 heterocycles. The lowest BCUT2D eigenvalue weighted by Crippen LogP contribution is -2.30. The summed E-state index contributed by atoms with van der Waals surface area (Å²) in [6, 6.07) is 8.07. The Balaban J connectivity index is 1.62. The average molecular weight is 303 g/mol. The van der Waals surface area contributed by atoms with Crippen LogP contribution in [0.3, 0.4) is 0 Å². The van der Waals surface area contributed by atoms with Gasteiger partial charge in [-0.25, -0.2) is 0 Å². The highest BCUT2D eigenvalue weighted by molar-refractivity contribution is 5.68. The summed E-state index contributed by atoms with van der Waals surface area (Å²) in [5.74, 6) is 1.48. The summed E-state index contributed by atoms with van der Waals surface area (Å²) >= 11 is 0. The summed E-state index contributed by atoms with van der Waals surface area (Å²) < 4.78 is 5.97. The van der Waals surface area contributed by atoms with Crippen molar-refractivity contribution in [2.24, 2.45) is 11.8 Å². The number of rotatable bonds is 7. The second kappa shape index (κ2) is 7.14. The molecule has 1 unspecified atom stereocenters. The van der Waals surface area contributed by atoms with E-state index in [2.05, 4.69) is 5.32 Å². The van der Waals surface area contributed by atoms with E-state index in [0.29, 0.717) is 11.8 Å². The van der Waals surface area contributed by atoms with Crippen LogP contribution in [0.2, 0.25) is 0 Å². The monoisotopic (exact) mass is 303 g/mol. The number of carboxylic acids is 1. The van der Waals surface area contributed by atoms with Crippen LogP contribution in [-0.4, -0.2) is 30.8 Å². The molecule has 1 aliphatic heterocycles. The Labute approximate surface area is 131 Å². The number of hydrogen-bond acceptors (Lipinski definition) is 3. The van der Waals surface area contributed by atoms with Crippen LogP contribution >= 0.6 is 0 Å². The molecule has 3 rings (SSSR count). The molecule has 0 bridgehead atoms. The minimum absolute atomic E-state index is 0.139. The van der Waals surface area contributed by atoms with Crippen molar-refractivity contribution in [1.29, 1.82) is 0 Å². The molecule has 1 saturated heterocycles. The maximum Gasteiger partial charge on any atom is 0.303 e. The number of carboxylic acid groups (broad SMARTS) is 1. The van der Waals surface area contributed by atoms with E-state index < -0.39 is 5.97 Å². The van der Waals surface area contributed by atoms with Gasteiger partial charge in [-0.15, -0.1) is 0 Å². The number of benzene rings is 1. The molecule has 0 spiro atoms. The van der Waals surface area contributed by atoms with Gasteiger partial charge >= 0.3 is 5.97 Å². The van der Waals surface area contributed by atoms with Crippen LogP contribution in [0.4, 0.5) is 0 Å². The number of nitrogens with one attached hydrogen (secondary N) is 1. The minimum atomic E-state index is -0.710. The summed E-state index contributed by atoms with van der Waals surface area (Å²) in [6.07, 6.45) is 4.87. The van der Waals surface area contributed by atoms with Gasteiger partial charge in [0, 0.05) is 0 Å². The van der Waals surface area contributed by atoms with Crippen LogP contribution < -0.4 is 10.1 Å². The Morgan fingerprint density at radius 2 is 2.05 bits per heavy atom. The molecule has 2 fully saturated rings. The van der Waals surface area contributed by atoms with Crippen molar-refractivity contribution >= 4 is 5.97 Å². The molecule has 4 nitrogen and oxygen atoms in total. The largest absolute Gasteiger partial charge is 0.493 e. The van der Waals surface area contributed by atoms with Gasteiger partial charge in [-0.05, 0) is 74.2 Å².